The van der Waals surface area contributed by atoms with Gasteiger partial charge in [-0.1, -0.05) is 31.2 Å². The lowest BCUT2D eigenvalue weighted by atomic mass is 9.90. The summed E-state index contributed by atoms with van der Waals surface area (Å²) in [7, 11) is 1.93. The maximum Gasteiger partial charge on any atom is 0.310 e. The highest BCUT2D eigenvalue weighted by Gasteiger charge is 2.40. The van der Waals surface area contributed by atoms with E-state index in [9.17, 15) is 20.0 Å². The third-order valence-corrected chi connectivity index (χ3v) is 10.3. The molecule has 1 atom stereocenters. The first-order chi connectivity index (χ1) is 24.0. The molecule has 0 radical (unpaired) electrons. The molecule has 11 heteroatoms. The van der Waals surface area contributed by atoms with Gasteiger partial charge in [-0.2, -0.15) is 5.26 Å². The maximum atomic E-state index is 12.7. The Morgan fingerprint density at radius 3 is 2.26 bits per heavy atom. The number of hydrogen-bond acceptors (Lipinski definition) is 9. The molecule has 1 fully saturated rings. The third-order valence-electron chi connectivity index (χ3n) is 10.3. The zero-order valence-corrected chi connectivity index (χ0v) is 29.0. The first-order valence-electron chi connectivity index (χ1n) is 16.9. The number of rotatable bonds is 9. The van der Waals surface area contributed by atoms with Crippen molar-refractivity contribution in [2.75, 3.05) is 33.2 Å². The number of aliphatic carboxylic acids is 1. The average Bonchev–Trinajstić information content (AvgIpc) is 3.88. The number of amides is 1. The fourth-order valence-electron chi connectivity index (χ4n) is 7.10. The number of likely N-dealkylation sites (tertiary alicyclic amines) is 1. The summed E-state index contributed by atoms with van der Waals surface area (Å²) < 4.78 is 12.5. The largest absolute Gasteiger partial charge is 0.481 e. The van der Waals surface area contributed by atoms with Crippen molar-refractivity contribution in [1.29, 1.82) is 5.26 Å². The fraction of sp³-hybridized carbons (Fsp3) is 0.359. The summed E-state index contributed by atoms with van der Waals surface area (Å²) in [6, 6.07) is 18.1. The standard InChI is InChI=1S/C39H40N6O5/c1-6-43(5)21-34(46)45-19-32-33(20-45)49-36(42-32)29-11-7-9-27(23(29)2)28-10-8-12-30(24(28)3)37-41-31-16-25(15-26(17-40)35(31)50-37)18-44-14-13-39(4,22-44)38(47)48/h7-12,15-16H,6,13-14,18-22H2,1-5H3,(H,47,48)/t39-/m1/s1. The van der Waals surface area contributed by atoms with Crippen molar-refractivity contribution in [2.45, 2.75) is 53.8 Å². The predicted octanol–water partition coefficient (Wildman–Crippen LogP) is 6.40. The van der Waals surface area contributed by atoms with Crippen LogP contribution in [-0.4, -0.2) is 74.9 Å². The summed E-state index contributed by atoms with van der Waals surface area (Å²) >= 11 is 0. The van der Waals surface area contributed by atoms with E-state index in [4.69, 9.17) is 18.8 Å². The topological polar surface area (TPSA) is 140 Å². The lowest BCUT2D eigenvalue weighted by Gasteiger charge is -2.20. The van der Waals surface area contributed by atoms with E-state index in [1.165, 1.54) is 0 Å². The molecule has 2 aromatic heterocycles. The van der Waals surface area contributed by atoms with Gasteiger partial charge >= 0.3 is 5.97 Å². The highest BCUT2D eigenvalue weighted by atomic mass is 16.4. The summed E-state index contributed by atoms with van der Waals surface area (Å²) in [5, 5.41) is 19.7. The van der Waals surface area contributed by atoms with E-state index < -0.39 is 11.4 Å². The second kappa shape index (κ2) is 12.9. The number of benzene rings is 3. The quantitative estimate of drug-likeness (QED) is 0.187. The number of nitrogens with zero attached hydrogens (tertiary/aromatic N) is 6. The molecule has 1 amide bonds. The summed E-state index contributed by atoms with van der Waals surface area (Å²) in [5.41, 5.74) is 8.07. The van der Waals surface area contributed by atoms with Crippen molar-refractivity contribution < 1.29 is 23.5 Å². The van der Waals surface area contributed by atoms with E-state index in [0.717, 1.165) is 56.9 Å². The number of carbonyl (C=O) groups is 2. The number of carboxylic acid groups (broad SMARTS) is 1. The number of nitriles is 1. The van der Waals surface area contributed by atoms with Crippen molar-refractivity contribution >= 4 is 23.0 Å². The molecule has 0 saturated carbocycles. The molecule has 50 heavy (non-hydrogen) atoms. The lowest BCUT2D eigenvalue weighted by Crippen LogP contribution is -2.35. The van der Waals surface area contributed by atoms with Crippen LogP contribution in [-0.2, 0) is 29.2 Å². The molecule has 5 aromatic rings. The Labute approximate surface area is 290 Å². The van der Waals surface area contributed by atoms with Gasteiger partial charge in [0.05, 0.1) is 30.6 Å². The Kier molecular flexibility index (Phi) is 8.54. The summed E-state index contributed by atoms with van der Waals surface area (Å²) in [6.45, 7) is 11.6. The molecule has 0 unspecified atom stereocenters. The number of fused-ring (bicyclic) bond motifs is 2. The average molecular weight is 673 g/mol. The van der Waals surface area contributed by atoms with Crippen LogP contribution in [0.2, 0.25) is 0 Å². The highest BCUT2D eigenvalue weighted by molar-refractivity contribution is 5.85. The van der Waals surface area contributed by atoms with Crippen LogP contribution in [0.4, 0.5) is 0 Å². The number of oxazole rings is 2. The first kappa shape index (κ1) is 33.2. The lowest BCUT2D eigenvalue weighted by molar-refractivity contribution is -0.147. The van der Waals surface area contributed by atoms with E-state index in [0.29, 0.717) is 74.1 Å². The number of hydrogen-bond donors (Lipinski definition) is 1. The van der Waals surface area contributed by atoms with Gasteiger partial charge in [0.1, 0.15) is 23.0 Å². The Bertz CT molecular complexity index is 2170. The minimum atomic E-state index is -0.786. The number of likely N-dealkylation sites (N-methyl/N-ethyl adjacent to an activating group) is 1. The Balaban J connectivity index is 1.16. The molecule has 7 rings (SSSR count). The van der Waals surface area contributed by atoms with E-state index in [1.54, 1.807) is 11.8 Å². The number of carbonyl (C=O) groups excluding carboxylic acids is 1. The van der Waals surface area contributed by atoms with Crippen LogP contribution >= 0.6 is 0 Å². The van der Waals surface area contributed by atoms with Gasteiger partial charge in [0.2, 0.25) is 17.7 Å². The molecule has 2 aliphatic rings. The Hall–Kier alpha value is -5.31. The predicted molar refractivity (Wildman–Crippen MR) is 188 cm³/mol. The van der Waals surface area contributed by atoms with Gasteiger partial charge in [-0.3, -0.25) is 19.4 Å². The SMILES string of the molecule is CCN(C)CC(=O)N1Cc2nc(-c3cccc(-c4cccc(-c5nc6cc(CN7CC[C@@](C)(C(=O)O)C7)cc(C#N)c6o5)c4C)c3C)oc2C1. The fourth-order valence-corrected chi connectivity index (χ4v) is 7.10. The third kappa shape index (κ3) is 5.95. The zero-order chi connectivity index (χ0) is 35.3. The normalized spacial score (nSPS) is 17.5. The van der Waals surface area contributed by atoms with Crippen molar-refractivity contribution in [3.8, 4) is 40.1 Å². The van der Waals surface area contributed by atoms with Crippen LogP contribution in [0, 0.1) is 30.6 Å². The van der Waals surface area contributed by atoms with E-state index in [1.807, 2.05) is 62.2 Å². The smallest absolute Gasteiger partial charge is 0.310 e. The molecular formula is C39H40N6O5. The van der Waals surface area contributed by atoms with Crippen LogP contribution < -0.4 is 0 Å². The summed E-state index contributed by atoms with van der Waals surface area (Å²) in [6.07, 6.45) is 0.583. The Morgan fingerprint density at radius 1 is 1.00 bits per heavy atom. The van der Waals surface area contributed by atoms with E-state index in [2.05, 4.69) is 30.0 Å². The first-order valence-corrected chi connectivity index (χ1v) is 16.9. The molecular weight excluding hydrogens is 632 g/mol. The molecule has 0 spiro atoms. The number of carboxylic acids is 1. The molecule has 2 aliphatic heterocycles. The zero-order valence-electron chi connectivity index (χ0n) is 29.0. The molecule has 0 aliphatic carbocycles. The van der Waals surface area contributed by atoms with Gasteiger partial charge in [0, 0.05) is 24.2 Å². The maximum absolute atomic E-state index is 12.7. The number of aromatic nitrogens is 2. The van der Waals surface area contributed by atoms with Gasteiger partial charge in [0.25, 0.3) is 0 Å². The summed E-state index contributed by atoms with van der Waals surface area (Å²) in [4.78, 5) is 40.0. The summed E-state index contributed by atoms with van der Waals surface area (Å²) in [5.74, 6) is 0.973. The molecule has 256 valence electrons. The highest BCUT2D eigenvalue weighted by Crippen LogP contribution is 2.39. The second-order valence-corrected chi connectivity index (χ2v) is 13.9. The Morgan fingerprint density at radius 2 is 1.66 bits per heavy atom. The van der Waals surface area contributed by atoms with E-state index >= 15 is 0 Å². The second-order valence-electron chi connectivity index (χ2n) is 13.9. The van der Waals surface area contributed by atoms with Crippen LogP contribution in [0.3, 0.4) is 0 Å². The van der Waals surface area contributed by atoms with Crippen LogP contribution in [0.5, 0.6) is 0 Å². The minimum Gasteiger partial charge on any atom is -0.481 e. The molecule has 1 N–H and O–H groups in total. The van der Waals surface area contributed by atoms with Gasteiger partial charge in [-0.05, 0) is 99.4 Å². The minimum absolute atomic E-state index is 0.0630. The molecule has 0 bridgehead atoms. The van der Waals surface area contributed by atoms with Gasteiger partial charge < -0.3 is 18.8 Å². The van der Waals surface area contributed by atoms with Crippen LogP contribution in [0.25, 0.3) is 45.1 Å². The molecule has 11 nitrogen and oxygen atoms in total. The van der Waals surface area contributed by atoms with Crippen molar-refractivity contribution in [3.63, 3.8) is 0 Å². The monoisotopic (exact) mass is 672 g/mol. The van der Waals surface area contributed by atoms with Crippen molar-refractivity contribution in [1.82, 2.24) is 24.7 Å². The van der Waals surface area contributed by atoms with Crippen molar-refractivity contribution in [3.05, 3.63) is 82.2 Å². The molecule has 1 saturated heterocycles. The van der Waals surface area contributed by atoms with Crippen LogP contribution in [0.1, 0.15) is 54.0 Å². The van der Waals surface area contributed by atoms with Gasteiger partial charge in [-0.15, -0.1) is 0 Å². The van der Waals surface area contributed by atoms with Gasteiger partial charge in [0.15, 0.2) is 5.58 Å². The van der Waals surface area contributed by atoms with Gasteiger partial charge in [-0.25, -0.2) is 9.97 Å². The molecule has 4 heterocycles. The van der Waals surface area contributed by atoms with Crippen LogP contribution in [0.15, 0.2) is 57.4 Å². The molecule has 3 aromatic carbocycles. The van der Waals surface area contributed by atoms with E-state index in [-0.39, 0.29) is 5.91 Å². The van der Waals surface area contributed by atoms with Crippen molar-refractivity contribution in [2.24, 2.45) is 5.41 Å².